The molecule has 1 aliphatic rings. The number of amides is 3. The molecule has 3 amide bonds. The molecule has 1 heterocycles. The van der Waals surface area contributed by atoms with Crippen LogP contribution in [0.4, 0.5) is 4.79 Å². The lowest BCUT2D eigenvalue weighted by Gasteiger charge is -2.40. The molecule has 3 aromatic rings. The number of nitrogens with one attached hydrogen (secondary N) is 1. The molecule has 7 nitrogen and oxygen atoms in total. The fraction of sp³-hybridized carbons (Fsp3) is 0.323. The van der Waals surface area contributed by atoms with Crippen LogP contribution in [0.1, 0.15) is 46.3 Å². The van der Waals surface area contributed by atoms with Crippen molar-refractivity contribution < 1.29 is 19.5 Å². The summed E-state index contributed by atoms with van der Waals surface area (Å²) >= 11 is 12.4. The van der Waals surface area contributed by atoms with E-state index < -0.39 is 5.97 Å². The number of benzene rings is 3. The maximum atomic E-state index is 13.5. The van der Waals surface area contributed by atoms with Crippen LogP contribution in [0.15, 0.2) is 72.8 Å². The Balaban J connectivity index is 1.41. The number of rotatable bonds is 12. The van der Waals surface area contributed by atoms with Gasteiger partial charge in [-0.1, -0.05) is 77.8 Å². The molecule has 1 saturated heterocycles. The van der Waals surface area contributed by atoms with Crippen molar-refractivity contribution >= 4 is 41.1 Å². The van der Waals surface area contributed by atoms with Gasteiger partial charge in [0.05, 0.1) is 6.42 Å². The van der Waals surface area contributed by atoms with Crippen molar-refractivity contribution in [1.82, 2.24) is 15.1 Å². The number of carbonyl (C=O) groups is 3. The maximum Gasteiger partial charge on any atom is 0.320 e. The molecule has 0 aliphatic carbocycles. The highest BCUT2D eigenvalue weighted by Crippen LogP contribution is 2.27. The lowest BCUT2D eigenvalue weighted by atomic mass is 9.99. The number of carbonyl (C=O) groups excluding carboxylic acids is 2. The van der Waals surface area contributed by atoms with Crippen LogP contribution in [0.2, 0.25) is 10.0 Å². The molecule has 9 heteroatoms. The van der Waals surface area contributed by atoms with E-state index in [9.17, 15) is 19.5 Å². The minimum absolute atomic E-state index is 0.0697. The van der Waals surface area contributed by atoms with Crippen LogP contribution < -0.4 is 5.32 Å². The third-order valence-corrected chi connectivity index (χ3v) is 7.57. The molecule has 0 radical (unpaired) electrons. The van der Waals surface area contributed by atoms with Crippen LogP contribution >= 0.6 is 23.2 Å². The lowest BCUT2D eigenvalue weighted by Crippen LogP contribution is -2.53. The summed E-state index contributed by atoms with van der Waals surface area (Å²) in [6.45, 7) is 1.56. The smallest absolute Gasteiger partial charge is 0.320 e. The molecule has 1 atom stereocenters. The molecule has 210 valence electrons. The monoisotopic (exact) mass is 581 g/mol. The number of hydrogen-bond donors (Lipinski definition) is 2. The van der Waals surface area contributed by atoms with Gasteiger partial charge in [0, 0.05) is 54.3 Å². The number of unbranched alkanes of at least 4 members (excludes halogenated alkanes) is 1. The standard InChI is InChI=1S/C31H33Cl2N3O4/c32-26-14-13-25(28(33)17-26)21-36-19-23(16-29(37)38)18-35(31(36)40)20-24-11-4-5-12-27(24)30(39)34-15-7-6-10-22-8-2-1-3-9-22/h1-5,8-9,11-14,17,23H,6-7,10,15-16,18-21H2,(H,34,39)(H,37,38). The quantitative estimate of drug-likeness (QED) is 0.246. The highest BCUT2D eigenvalue weighted by Gasteiger charge is 2.33. The highest BCUT2D eigenvalue weighted by molar-refractivity contribution is 6.35. The summed E-state index contributed by atoms with van der Waals surface area (Å²) in [5.74, 6) is -1.38. The third-order valence-electron chi connectivity index (χ3n) is 6.98. The molecule has 0 aromatic heterocycles. The van der Waals surface area contributed by atoms with Gasteiger partial charge in [0.15, 0.2) is 0 Å². The molecule has 0 saturated carbocycles. The number of carboxylic acid groups (broad SMARTS) is 1. The van der Waals surface area contributed by atoms with Gasteiger partial charge in [0.2, 0.25) is 0 Å². The first-order valence-corrected chi connectivity index (χ1v) is 14.2. The Morgan fingerprint density at radius 1 is 0.875 bits per heavy atom. The van der Waals surface area contributed by atoms with E-state index in [4.69, 9.17) is 23.2 Å². The Labute approximate surface area is 244 Å². The first-order chi connectivity index (χ1) is 19.3. The summed E-state index contributed by atoms with van der Waals surface area (Å²) in [6, 6.07) is 22.3. The first-order valence-electron chi connectivity index (χ1n) is 13.4. The second-order valence-corrected chi connectivity index (χ2v) is 10.9. The molecule has 1 fully saturated rings. The normalized spacial score (nSPS) is 15.2. The van der Waals surface area contributed by atoms with E-state index in [0.717, 1.165) is 24.8 Å². The minimum Gasteiger partial charge on any atom is -0.481 e. The Bertz CT molecular complexity index is 1340. The number of urea groups is 1. The fourth-order valence-electron chi connectivity index (χ4n) is 5.01. The summed E-state index contributed by atoms with van der Waals surface area (Å²) in [6.07, 6.45) is 2.71. The average Bonchev–Trinajstić information content (AvgIpc) is 2.93. The van der Waals surface area contributed by atoms with E-state index >= 15 is 0 Å². The Morgan fingerprint density at radius 3 is 2.25 bits per heavy atom. The van der Waals surface area contributed by atoms with Gasteiger partial charge in [-0.05, 0) is 54.2 Å². The molecule has 0 spiro atoms. The van der Waals surface area contributed by atoms with Gasteiger partial charge >= 0.3 is 12.0 Å². The number of aliphatic carboxylic acids is 1. The maximum absolute atomic E-state index is 13.5. The van der Waals surface area contributed by atoms with Crippen LogP contribution in [-0.4, -0.2) is 52.4 Å². The number of carboxylic acids is 1. The van der Waals surface area contributed by atoms with E-state index in [1.807, 2.05) is 30.3 Å². The average molecular weight is 583 g/mol. The second-order valence-electron chi connectivity index (χ2n) is 10.1. The van der Waals surface area contributed by atoms with E-state index in [2.05, 4.69) is 17.4 Å². The molecule has 4 rings (SSSR count). The number of hydrogen-bond acceptors (Lipinski definition) is 3. The van der Waals surface area contributed by atoms with Gasteiger partial charge in [-0.2, -0.15) is 0 Å². The van der Waals surface area contributed by atoms with Crippen molar-refractivity contribution in [2.75, 3.05) is 19.6 Å². The van der Waals surface area contributed by atoms with Crippen LogP contribution in [0.5, 0.6) is 0 Å². The van der Waals surface area contributed by atoms with E-state index in [-0.39, 0.29) is 43.9 Å². The zero-order valence-corrected chi connectivity index (χ0v) is 23.7. The van der Waals surface area contributed by atoms with E-state index in [1.165, 1.54) is 5.56 Å². The highest BCUT2D eigenvalue weighted by atomic mass is 35.5. The topological polar surface area (TPSA) is 90.0 Å². The van der Waals surface area contributed by atoms with Crippen molar-refractivity contribution in [3.05, 3.63) is 105 Å². The first kappa shape index (κ1) is 29.4. The number of nitrogens with zero attached hydrogens (tertiary/aromatic N) is 2. The predicted molar refractivity (Wildman–Crippen MR) is 157 cm³/mol. The largest absolute Gasteiger partial charge is 0.481 e. The molecule has 40 heavy (non-hydrogen) atoms. The van der Waals surface area contributed by atoms with Gasteiger partial charge in [0.25, 0.3) is 5.91 Å². The molecule has 1 aliphatic heterocycles. The number of halogens is 2. The SMILES string of the molecule is O=C(O)CC1CN(Cc2ccc(Cl)cc2Cl)C(=O)N(Cc2ccccc2C(=O)NCCCCc2ccccc2)C1. The zero-order chi connectivity index (χ0) is 28.5. The predicted octanol–water partition coefficient (Wildman–Crippen LogP) is 6.27. The van der Waals surface area contributed by atoms with Crippen LogP contribution in [-0.2, 0) is 24.3 Å². The van der Waals surface area contributed by atoms with E-state index in [0.29, 0.717) is 34.3 Å². The van der Waals surface area contributed by atoms with Crippen molar-refractivity contribution in [2.24, 2.45) is 5.92 Å². The molecule has 0 bridgehead atoms. The molecule has 3 aromatic carbocycles. The minimum atomic E-state index is -0.921. The van der Waals surface area contributed by atoms with Crippen molar-refractivity contribution in [1.29, 1.82) is 0 Å². The Kier molecular flexibility index (Phi) is 10.4. The van der Waals surface area contributed by atoms with Crippen molar-refractivity contribution in [2.45, 2.75) is 38.8 Å². The molecule has 1 unspecified atom stereocenters. The second kappa shape index (κ2) is 14.2. The molecular weight excluding hydrogens is 549 g/mol. The van der Waals surface area contributed by atoms with Gasteiger partial charge in [-0.3, -0.25) is 9.59 Å². The zero-order valence-electron chi connectivity index (χ0n) is 22.2. The van der Waals surface area contributed by atoms with E-state index in [1.54, 1.807) is 40.1 Å². The summed E-state index contributed by atoms with van der Waals surface area (Å²) in [4.78, 5) is 41.4. The van der Waals surface area contributed by atoms with Crippen LogP contribution in [0.3, 0.4) is 0 Å². The molecular formula is C31H33Cl2N3O4. The number of aryl methyl sites for hydroxylation is 1. The van der Waals surface area contributed by atoms with Gasteiger partial charge in [-0.15, -0.1) is 0 Å². The van der Waals surface area contributed by atoms with Crippen LogP contribution in [0, 0.1) is 5.92 Å². The van der Waals surface area contributed by atoms with Crippen LogP contribution in [0.25, 0.3) is 0 Å². The summed E-state index contributed by atoms with van der Waals surface area (Å²) in [5, 5.41) is 13.4. The Hall–Kier alpha value is -3.55. The Morgan fingerprint density at radius 2 is 1.55 bits per heavy atom. The van der Waals surface area contributed by atoms with Gasteiger partial charge in [0.1, 0.15) is 0 Å². The summed E-state index contributed by atoms with van der Waals surface area (Å²) in [5.41, 5.74) is 3.21. The summed E-state index contributed by atoms with van der Waals surface area (Å²) in [7, 11) is 0. The van der Waals surface area contributed by atoms with Gasteiger partial charge < -0.3 is 20.2 Å². The van der Waals surface area contributed by atoms with Crippen molar-refractivity contribution in [3.63, 3.8) is 0 Å². The lowest BCUT2D eigenvalue weighted by molar-refractivity contribution is -0.138. The third kappa shape index (κ3) is 8.23. The fourth-order valence-corrected chi connectivity index (χ4v) is 5.48. The molecule has 2 N–H and O–H groups in total. The van der Waals surface area contributed by atoms with Gasteiger partial charge in [-0.25, -0.2) is 4.79 Å². The van der Waals surface area contributed by atoms with Crippen molar-refractivity contribution in [3.8, 4) is 0 Å². The summed E-state index contributed by atoms with van der Waals surface area (Å²) < 4.78 is 0.